The van der Waals surface area contributed by atoms with E-state index >= 15 is 0 Å². The van der Waals surface area contributed by atoms with E-state index in [9.17, 15) is 4.79 Å². The van der Waals surface area contributed by atoms with E-state index in [0.717, 1.165) is 5.56 Å². The molecule has 0 radical (unpaired) electrons. The molecule has 0 aromatic carbocycles. The lowest BCUT2D eigenvalue weighted by molar-refractivity contribution is -0.121. The zero-order chi connectivity index (χ0) is 11.7. The van der Waals surface area contributed by atoms with Crippen LogP contribution in [0.5, 0.6) is 5.88 Å². The van der Waals surface area contributed by atoms with Gasteiger partial charge in [0.2, 0.25) is 5.88 Å². The van der Waals surface area contributed by atoms with E-state index in [4.69, 9.17) is 9.47 Å². The molecule has 5 nitrogen and oxygen atoms in total. The van der Waals surface area contributed by atoms with Gasteiger partial charge in [0.15, 0.2) is 6.61 Å². The highest BCUT2D eigenvalue weighted by atomic mass is 16.5. The smallest absolute Gasteiger partial charge is 0.264 e. The monoisotopic (exact) mass is 220 g/mol. The SMILES string of the molecule is C=C(OC)c1cnc2c(c1)N(C)C(=O)CO2. The van der Waals surface area contributed by atoms with Crippen molar-refractivity contribution in [2.75, 3.05) is 25.7 Å². The molecule has 1 aliphatic rings. The molecule has 0 aliphatic carbocycles. The molecule has 1 aromatic rings. The van der Waals surface area contributed by atoms with E-state index in [1.807, 2.05) is 0 Å². The summed E-state index contributed by atoms with van der Waals surface area (Å²) >= 11 is 0. The first kappa shape index (κ1) is 10.5. The zero-order valence-corrected chi connectivity index (χ0v) is 9.19. The number of rotatable bonds is 2. The summed E-state index contributed by atoms with van der Waals surface area (Å²) in [6.45, 7) is 3.76. The zero-order valence-electron chi connectivity index (χ0n) is 9.19. The molecule has 5 heteroatoms. The van der Waals surface area contributed by atoms with Crippen molar-refractivity contribution in [3.63, 3.8) is 0 Å². The molecule has 16 heavy (non-hydrogen) atoms. The molecular formula is C11H12N2O3. The van der Waals surface area contributed by atoms with Crippen LogP contribution in [0.2, 0.25) is 0 Å². The molecule has 0 atom stereocenters. The number of carbonyl (C=O) groups is 1. The van der Waals surface area contributed by atoms with Crippen LogP contribution in [0, 0.1) is 0 Å². The molecule has 1 aliphatic heterocycles. The average molecular weight is 220 g/mol. The Morgan fingerprint density at radius 1 is 1.69 bits per heavy atom. The minimum Gasteiger partial charge on any atom is -0.497 e. The highest BCUT2D eigenvalue weighted by Crippen LogP contribution is 2.31. The van der Waals surface area contributed by atoms with Crippen LogP contribution in [-0.4, -0.2) is 31.7 Å². The van der Waals surface area contributed by atoms with E-state index in [0.29, 0.717) is 17.3 Å². The molecule has 0 spiro atoms. The van der Waals surface area contributed by atoms with Crippen LogP contribution in [0.25, 0.3) is 5.76 Å². The van der Waals surface area contributed by atoms with Crippen molar-refractivity contribution in [2.24, 2.45) is 0 Å². The summed E-state index contributed by atoms with van der Waals surface area (Å²) in [6.07, 6.45) is 1.61. The number of aromatic nitrogens is 1. The van der Waals surface area contributed by atoms with Gasteiger partial charge in [0.1, 0.15) is 11.4 Å². The Kier molecular flexibility index (Phi) is 2.52. The largest absolute Gasteiger partial charge is 0.497 e. The number of amides is 1. The van der Waals surface area contributed by atoms with Crippen molar-refractivity contribution in [1.82, 2.24) is 4.98 Å². The molecular weight excluding hydrogens is 208 g/mol. The van der Waals surface area contributed by atoms with Crippen LogP contribution in [-0.2, 0) is 9.53 Å². The summed E-state index contributed by atoms with van der Waals surface area (Å²) in [5.41, 5.74) is 1.36. The Morgan fingerprint density at radius 2 is 2.44 bits per heavy atom. The maximum atomic E-state index is 11.4. The van der Waals surface area contributed by atoms with Crippen LogP contribution in [0.4, 0.5) is 5.69 Å². The van der Waals surface area contributed by atoms with Crippen molar-refractivity contribution in [1.29, 1.82) is 0 Å². The Bertz CT molecular complexity index is 457. The molecule has 1 aromatic heterocycles. The summed E-state index contributed by atoms with van der Waals surface area (Å²) in [6, 6.07) is 1.77. The van der Waals surface area contributed by atoms with E-state index in [1.165, 1.54) is 12.0 Å². The third-order valence-electron chi connectivity index (χ3n) is 2.47. The van der Waals surface area contributed by atoms with Gasteiger partial charge in [0.05, 0.1) is 7.11 Å². The first-order chi connectivity index (χ1) is 7.63. The topological polar surface area (TPSA) is 51.7 Å². The Morgan fingerprint density at radius 3 is 3.12 bits per heavy atom. The first-order valence-corrected chi connectivity index (χ1v) is 4.76. The van der Waals surface area contributed by atoms with Crippen LogP contribution >= 0.6 is 0 Å². The quantitative estimate of drug-likeness (QED) is 0.699. The highest BCUT2D eigenvalue weighted by Gasteiger charge is 2.23. The maximum Gasteiger partial charge on any atom is 0.264 e. The van der Waals surface area contributed by atoms with Crippen molar-refractivity contribution in [3.05, 3.63) is 24.4 Å². The van der Waals surface area contributed by atoms with Crippen LogP contribution < -0.4 is 9.64 Å². The van der Waals surface area contributed by atoms with Gasteiger partial charge < -0.3 is 14.4 Å². The summed E-state index contributed by atoms with van der Waals surface area (Å²) < 4.78 is 10.2. The molecule has 2 heterocycles. The van der Waals surface area contributed by atoms with Crippen molar-refractivity contribution < 1.29 is 14.3 Å². The lowest BCUT2D eigenvalue weighted by Crippen LogP contribution is -2.35. The van der Waals surface area contributed by atoms with Gasteiger partial charge in [-0.2, -0.15) is 0 Å². The summed E-state index contributed by atoms with van der Waals surface area (Å²) in [5, 5.41) is 0. The highest BCUT2D eigenvalue weighted by molar-refractivity contribution is 5.97. The van der Waals surface area contributed by atoms with E-state index in [1.54, 1.807) is 19.3 Å². The normalized spacial score (nSPS) is 14.1. The van der Waals surface area contributed by atoms with Gasteiger partial charge in [0, 0.05) is 18.8 Å². The third-order valence-corrected chi connectivity index (χ3v) is 2.47. The molecule has 0 saturated heterocycles. The van der Waals surface area contributed by atoms with Gasteiger partial charge >= 0.3 is 0 Å². The molecule has 0 N–H and O–H groups in total. The van der Waals surface area contributed by atoms with E-state index < -0.39 is 0 Å². The minimum atomic E-state index is -0.102. The van der Waals surface area contributed by atoms with Gasteiger partial charge in [-0.3, -0.25) is 4.79 Å². The van der Waals surface area contributed by atoms with Gasteiger partial charge in [-0.15, -0.1) is 0 Å². The number of pyridine rings is 1. The van der Waals surface area contributed by atoms with Crippen LogP contribution in [0.3, 0.4) is 0 Å². The molecule has 2 rings (SSSR count). The van der Waals surface area contributed by atoms with Gasteiger partial charge in [-0.05, 0) is 6.07 Å². The van der Waals surface area contributed by atoms with Crippen LogP contribution in [0.1, 0.15) is 5.56 Å². The van der Waals surface area contributed by atoms with Gasteiger partial charge in [0.25, 0.3) is 5.91 Å². The number of likely N-dealkylation sites (N-methyl/N-ethyl adjacent to an activating group) is 1. The summed E-state index contributed by atoms with van der Waals surface area (Å²) in [5.74, 6) is 0.853. The minimum absolute atomic E-state index is 0.0288. The summed E-state index contributed by atoms with van der Waals surface area (Å²) in [4.78, 5) is 17.1. The van der Waals surface area contributed by atoms with Crippen LogP contribution in [0.15, 0.2) is 18.8 Å². The molecule has 0 fully saturated rings. The Balaban J connectivity index is 2.44. The van der Waals surface area contributed by atoms with Crippen molar-refractivity contribution in [2.45, 2.75) is 0 Å². The number of hydrogen-bond donors (Lipinski definition) is 0. The number of carbonyl (C=O) groups excluding carboxylic acids is 1. The number of ether oxygens (including phenoxy) is 2. The van der Waals surface area contributed by atoms with Gasteiger partial charge in [-0.25, -0.2) is 4.98 Å². The second-order valence-electron chi connectivity index (χ2n) is 3.42. The van der Waals surface area contributed by atoms with Crippen molar-refractivity contribution >= 4 is 17.4 Å². The van der Waals surface area contributed by atoms with Gasteiger partial charge in [-0.1, -0.05) is 6.58 Å². The van der Waals surface area contributed by atoms with Crippen molar-refractivity contribution in [3.8, 4) is 5.88 Å². The average Bonchev–Trinajstić information content (AvgIpc) is 2.32. The number of nitrogens with zero attached hydrogens (tertiary/aromatic N) is 2. The number of methoxy groups -OCH3 is 1. The fourth-order valence-electron chi connectivity index (χ4n) is 1.42. The van der Waals surface area contributed by atoms with E-state index in [2.05, 4.69) is 11.6 Å². The fourth-order valence-corrected chi connectivity index (χ4v) is 1.42. The predicted molar refractivity (Wildman–Crippen MR) is 59.2 cm³/mol. The molecule has 84 valence electrons. The fraction of sp³-hybridized carbons (Fsp3) is 0.273. The predicted octanol–water partition coefficient (Wildman–Crippen LogP) is 1.05. The number of fused-ring (bicyclic) bond motifs is 1. The molecule has 0 unspecified atom stereocenters. The lowest BCUT2D eigenvalue weighted by Gasteiger charge is -2.25. The number of hydrogen-bond acceptors (Lipinski definition) is 4. The van der Waals surface area contributed by atoms with E-state index in [-0.39, 0.29) is 12.5 Å². The second kappa shape index (κ2) is 3.84. The molecule has 0 bridgehead atoms. The lowest BCUT2D eigenvalue weighted by atomic mass is 10.2. The third kappa shape index (κ3) is 1.60. The molecule has 0 saturated carbocycles. The maximum absolute atomic E-state index is 11.4. The Hall–Kier alpha value is -2.04. The summed E-state index contributed by atoms with van der Waals surface area (Å²) in [7, 11) is 3.22. The first-order valence-electron chi connectivity index (χ1n) is 4.76. The standard InChI is InChI=1S/C11H12N2O3/c1-7(15-3)8-4-9-11(12-5-8)16-6-10(14)13(9)2/h4-5H,1,6H2,2-3H3. The molecule has 1 amide bonds. The second-order valence-corrected chi connectivity index (χ2v) is 3.42. The Labute approximate surface area is 93.3 Å². The number of anilines is 1.